The summed E-state index contributed by atoms with van der Waals surface area (Å²) in [5, 5.41) is 12.2. The standard InChI is InChI=1S/C14H13F2NO/c1-9(10-3-2-4-12(18)7-10)17-14-8-11(15)5-6-13(14)16/h2-9,17-18H,1H3. The Bertz CT molecular complexity index is 557. The SMILES string of the molecule is CC(Nc1cc(F)ccc1F)c1cccc(O)c1. The van der Waals surface area contributed by atoms with Gasteiger partial charge in [-0.15, -0.1) is 0 Å². The van der Waals surface area contributed by atoms with Gasteiger partial charge < -0.3 is 10.4 Å². The molecule has 2 aromatic rings. The van der Waals surface area contributed by atoms with E-state index in [1.807, 2.05) is 0 Å². The van der Waals surface area contributed by atoms with Crippen molar-refractivity contribution in [3.8, 4) is 5.75 Å². The molecule has 0 aromatic heterocycles. The summed E-state index contributed by atoms with van der Waals surface area (Å²) in [6.07, 6.45) is 0. The normalized spacial score (nSPS) is 12.2. The lowest BCUT2D eigenvalue weighted by Gasteiger charge is -2.16. The van der Waals surface area contributed by atoms with Crippen LogP contribution in [0.25, 0.3) is 0 Å². The van der Waals surface area contributed by atoms with E-state index >= 15 is 0 Å². The maximum Gasteiger partial charge on any atom is 0.146 e. The molecule has 1 atom stereocenters. The van der Waals surface area contributed by atoms with Crippen molar-refractivity contribution in [2.45, 2.75) is 13.0 Å². The molecule has 0 radical (unpaired) electrons. The highest BCUT2D eigenvalue weighted by molar-refractivity contribution is 5.47. The summed E-state index contributed by atoms with van der Waals surface area (Å²) in [6.45, 7) is 1.80. The highest BCUT2D eigenvalue weighted by Gasteiger charge is 2.09. The Hall–Kier alpha value is -2.10. The summed E-state index contributed by atoms with van der Waals surface area (Å²) >= 11 is 0. The number of hydrogen-bond acceptors (Lipinski definition) is 2. The zero-order valence-electron chi connectivity index (χ0n) is 9.82. The van der Waals surface area contributed by atoms with E-state index in [-0.39, 0.29) is 17.5 Å². The van der Waals surface area contributed by atoms with Crippen molar-refractivity contribution in [3.63, 3.8) is 0 Å². The smallest absolute Gasteiger partial charge is 0.146 e. The molecule has 2 aromatic carbocycles. The molecule has 94 valence electrons. The average Bonchev–Trinajstić information content (AvgIpc) is 2.34. The number of aromatic hydroxyl groups is 1. The second-order valence-corrected chi connectivity index (χ2v) is 4.09. The van der Waals surface area contributed by atoms with Gasteiger partial charge >= 0.3 is 0 Å². The molecule has 0 saturated carbocycles. The highest BCUT2D eigenvalue weighted by atomic mass is 19.1. The van der Waals surface area contributed by atoms with Crippen LogP contribution in [-0.4, -0.2) is 5.11 Å². The van der Waals surface area contributed by atoms with Crippen molar-refractivity contribution in [3.05, 3.63) is 59.7 Å². The maximum absolute atomic E-state index is 13.4. The lowest BCUT2D eigenvalue weighted by atomic mass is 10.1. The van der Waals surface area contributed by atoms with Crippen molar-refractivity contribution >= 4 is 5.69 Å². The Morgan fingerprint density at radius 3 is 2.61 bits per heavy atom. The van der Waals surface area contributed by atoms with Gasteiger partial charge in [0.25, 0.3) is 0 Å². The topological polar surface area (TPSA) is 32.3 Å². The van der Waals surface area contributed by atoms with Crippen LogP contribution >= 0.6 is 0 Å². The molecule has 0 aliphatic heterocycles. The fourth-order valence-electron chi connectivity index (χ4n) is 1.72. The zero-order chi connectivity index (χ0) is 13.1. The van der Waals surface area contributed by atoms with Gasteiger partial charge in [-0.1, -0.05) is 12.1 Å². The molecule has 0 aliphatic carbocycles. The molecule has 0 fully saturated rings. The first kappa shape index (κ1) is 12.4. The van der Waals surface area contributed by atoms with E-state index in [2.05, 4.69) is 5.32 Å². The van der Waals surface area contributed by atoms with Crippen molar-refractivity contribution in [2.75, 3.05) is 5.32 Å². The molecule has 0 bridgehead atoms. The van der Waals surface area contributed by atoms with E-state index in [4.69, 9.17) is 0 Å². The van der Waals surface area contributed by atoms with E-state index in [0.717, 1.165) is 23.8 Å². The molecule has 0 aliphatic rings. The van der Waals surface area contributed by atoms with Gasteiger partial charge in [0.2, 0.25) is 0 Å². The number of benzene rings is 2. The summed E-state index contributed by atoms with van der Waals surface area (Å²) in [6, 6.07) is 9.64. The fraction of sp³-hybridized carbons (Fsp3) is 0.143. The lowest BCUT2D eigenvalue weighted by molar-refractivity contribution is 0.474. The zero-order valence-corrected chi connectivity index (χ0v) is 9.82. The quantitative estimate of drug-likeness (QED) is 0.866. The largest absolute Gasteiger partial charge is 0.508 e. The molecule has 0 spiro atoms. The molecule has 0 saturated heterocycles. The van der Waals surface area contributed by atoms with Gasteiger partial charge in [-0.05, 0) is 42.8 Å². The highest BCUT2D eigenvalue weighted by Crippen LogP contribution is 2.24. The predicted octanol–water partition coefficient (Wildman–Crippen LogP) is 3.84. The van der Waals surface area contributed by atoms with Crippen LogP contribution in [0.4, 0.5) is 14.5 Å². The number of phenolic OH excluding ortho intramolecular Hbond substituents is 1. The van der Waals surface area contributed by atoms with Crippen LogP contribution in [-0.2, 0) is 0 Å². The predicted molar refractivity (Wildman–Crippen MR) is 66.5 cm³/mol. The van der Waals surface area contributed by atoms with E-state index < -0.39 is 11.6 Å². The van der Waals surface area contributed by atoms with Crippen LogP contribution in [0.5, 0.6) is 5.75 Å². The van der Waals surface area contributed by atoms with Crippen molar-refractivity contribution in [2.24, 2.45) is 0 Å². The van der Waals surface area contributed by atoms with Crippen molar-refractivity contribution in [1.82, 2.24) is 0 Å². The van der Waals surface area contributed by atoms with Gasteiger partial charge in [-0.2, -0.15) is 0 Å². The summed E-state index contributed by atoms with van der Waals surface area (Å²) in [5.41, 5.74) is 0.893. The van der Waals surface area contributed by atoms with Gasteiger partial charge in [-0.3, -0.25) is 0 Å². The number of halogens is 2. The van der Waals surface area contributed by atoms with E-state index in [1.54, 1.807) is 31.2 Å². The number of anilines is 1. The summed E-state index contributed by atoms with van der Waals surface area (Å²) in [5.74, 6) is -0.869. The Labute approximate surface area is 104 Å². The van der Waals surface area contributed by atoms with Crippen molar-refractivity contribution in [1.29, 1.82) is 0 Å². The fourth-order valence-corrected chi connectivity index (χ4v) is 1.72. The molecule has 2 N–H and O–H groups in total. The molecule has 1 unspecified atom stereocenters. The molecule has 0 amide bonds. The third kappa shape index (κ3) is 2.77. The van der Waals surface area contributed by atoms with Crippen LogP contribution < -0.4 is 5.32 Å². The second-order valence-electron chi connectivity index (χ2n) is 4.09. The minimum Gasteiger partial charge on any atom is -0.508 e. The van der Waals surface area contributed by atoms with Crippen LogP contribution in [0.15, 0.2) is 42.5 Å². The first-order chi connectivity index (χ1) is 8.56. The van der Waals surface area contributed by atoms with Crippen LogP contribution in [0.2, 0.25) is 0 Å². The third-order valence-electron chi connectivity index (χ3n) is 2.67. The van der Waals surface area contributed by atoms with Gasteiger partial charge in [0.15, 0.2) is 0 Å². The van der Waals surface area contributed by atoms with Crippen LogP contribution in [0.3, 0.4) is 0 Å². The van der Waals surface area contributed by atoms with Gasteiger partial charge in [0.1, 0.15) is 17.4 Å². The van der Waals surface area contributed by atoms with E-state index in [9.17, 15) is 13.9 Å². The Morgan fingerprint density at radius 2 is 1.89 bits per heavy atom. The molecule has 4 heteroatoms. The van der Waals surface area contributed by atoms with Crippen LogP contribution in [0.1, 0.15) is 18.5 Å². The second kappa shape index (κ2) is 5.04. The maximum atomic E-state index is 13.4. The van der Waals surface area contributed by atoms with Crippen LogP contribution in [0, 0.1) is 11.6 Å². The molecule has 18 heavy (non-hydrogen) atoms. The Kier molecular flexibility index (Phi) is 3.46. The van der Waals surface area contributed by atoms with Gasteiger partial charge in [0.05, 0.1) is 5.69 Å². The third-order valence-corrected chi connectivity index (χ3v) is 2.67. The Morgan fingerprint density at radius 1 is 1.11 bits per heavy atom. The first-order valence-corrected chi connectivity index (χ1v) is 5.57. The Balaban J connectivity index is 2.21. The molecular formula is C14H13F2NO. The average molecular weight is 249 g/mol. The number of phenols is 1. The number of hydrogen-bond donors (Lipinski definition) is 2. The van der Waals surface area contributed by atoms with Gasteiger partial charge in [-0.25, -0.2) is 8.78 Å². The molecule has 2 nitrogen and oxygen atoms in total. The summed E-state index contributed by atoms with van der Waals surface area (Å²) in [7, 11) is 0. The first-order valence-electron chi connectivity index (χ1n) is 5.57. The summed E-state index contributed by atoms with van der Waals surface area (Å²) in [4.78, 5) is 0. The molecular weight excluding hydrogens is 236 g/mol. The summed E-state index contributed by atoms with van der Waals surface area (Å²) < 4.78 is 26.5. The minimum atomic E-state index is -0.511. The van der Waals surface area contributed by atoms with E-state index in [1.165, 1.54) is 0 Å². The van der Waals surface area contributed by atoms with E-state index in [0.29, 0.717) is 0 Å². The number of nitrogens with one attached hydrogen (secondary N) is 1. The monoisotopic (exact) mass is 249 g/mol. The minimum absolute atomic E-state index is 0.103. The lowest BCUT2D eigenvalue weighted by Crippen LogP contribution is -2.08. The molecule has 0 heterocycles. The van der Waals surface area contributed by atoms with Crippen molar-refractivity contribution < 1.29 is 13.9 Å². The number of rotatable bonds is 3. The van der Waals surface area contributed by atoms with Gasteiger partial charge in [0, 0.05) is 6.04 Å². The molecule has 2 rings (SSSR count).